The molecule has 2 saturated carbocycles. The molecule has 124 valence electrons. The van der Waals surface area contributed by atoms with Crippen molar-refractivity contribution in [2.75, 3.05) is 0 Å². The lowest BCUT2D eigenvalue weighted by atomic mass is 9.63. The van der Waals surface area contributed by atoms with Crippen LogP contribution in [0.15, 0.2) is 35.9 Å². The van der Waals surface area contributed by atoms with Gasteiger partial charge in [-0.1, -0.05) is 49.8 Å². The minimum atomic E-state index is -0.883. The van der Waals surface area contributed by atoms with Crippen LogP contribution >= 0.6 is 0 Å². The van der Waals surface area contributed by atoms with Crippen molar-refractivity contribution in [2.24, 2.45) is 17.8 Å². The summed E-state index contributed by atoms with van der Waals surface area (Å²) in [5, 5.41) is 11.1. The number of aliphatic hydroxyl groups is 1. The first-order valence-electron chi connectivity index (χ1n) is 9.33. The highest BCUT2D eigenvalue weighted by Gasteiger charge is 2.53. The van der Waals surface area contributed by atoms with Crippen molar-refractivity contribution in [3.8, 4) is 0 Å². The third-order valence-electron chi connectivity index (χ3n) is 6.43. The van der Waals surface area contributed by atoms with Crippen LogP contribution in [0.1, 0.15) is 57.4 Å². The maximum atomic E-state index is 11.1. The Morgan fingerprint density at radius 1 is 1.13 bits per heavy atom. The molecule has 3 aliphatic rings. The monoisotopic (exact) mass is 312 g/mol. The van der Waals surface area contributed by atoms with Crippen molar-refractivity contribution >= 4 is 6.08 Å². The van der Waals surface area contributed by atoms with Crippen molar-refractivity contribution in [3.05, 3.63) is 41.5 Å². The summed E-state index contributed by atoms with van der Waals surface area (Å²) in [6.07, 6.45) is 10.3. The predicted molar refractivity (Wildman–Crippen MR) is 92.7 cm³/mol. The molecular formula is C21H28O2. The van der Waals surface area contributed by atoms with E-state index >= 15 is 0 Å². The van der Waals surface area contributed by atoms with E-state index in [1.165, 1.54) is 30.4 Å². The average Bonchev–Trinajstić information content (AvgIpc) is 2.56. The zero-order valence-corrected chi connectivity index (χ0v) is 14.1. The van der Waals surface area contributed by atoms with Gasteiger partial charge in [0.25, 0.3) is 0 Å². The van der Waals surface area contributed by atoms with Gasteiger partial charge in [-0.3, -0.25) is 0 Å². The second-order valence-corrected chi connectivity index (χ2v) is 7.78. The number of fused-ring (bicyclic) bond motifs is 2. The third-order valence-corrected chi connectivity index (χ3v) is 6.43. The molecule has 5 unspecified atom stereocenters. The second kappa shape index (κ2) is 6.07. The van der Waals surface area contributed by atoms with Gasteiger partial charge in [-0.25, -0.2) is 0 Å². The van der Waals surface area contributed by atoms with Crippen LogP contribution < -0.4 is 0 Å². The summed E-state index contributed by atoms with van der Waals surface area (Å²) < 4.78 is 6.42. The van der Waals surface area contributed by atoms with E-state index in [2.05, 4.69) is 43.3 Å². The first-order chi connectivity index (χ1) is 11.2. The first kappa shape index (κ1) is 15.4. The summed E-state index contributed by atoms with van der Waals surface area (Å²) in [5.41, 5.74) is 2.63. The fourth-order valence-electron chi connectivity index (χ4n) is 5.22. The molecule has 23 heavy (non-hydrogen) atoms. The Morgan fingerprint density at radius 3 is 2.78 bits per heavy atom. The van der Waals surface area contributed by atoms with E-state index in [1.807, 2.05) is 0 Å². The standard InChI is InChI=1S/C21H28O2/c1-15-18-11-7-10-17(14-16-8-3-2-4-9-16)20(18)23-21(22)13-6-5-12-19(15)21/h2-4,8-9,14-15,18-20,22H,5-7,10-13H2,1H3/b17-14+. The Hall–Kier alpha value is -1.12. The Balaban J connectivity index is 1.65. The van der Waals surface area contributed by atoms with E-state index in [1.54, 1.807) is 0 Å². The molecule has 2 nitrogen and oxygen atoms in total. The predicted octanol–water partition coefficient (Wildman–Crippen LogP) is 4.78. The van der Waals surface area contributed by atoms with Gasteiger partial charge in [0.15, 0.2) is 5.79 Å². The molecule has 1 aromatic rings. The van der Waals surface area contributed by atoms with Crippen molar-refractivity contribution in [2.45, 2.75) is 63.8 Å². The maximum absolute atomic E-state index is 11.1. The Bertz CT molecular complexity index is 579. The summed E-state index contributed by atoms with van der Waals surface area (Å²) in [6, 6.07) is 10.5. The summed E-state index contributed by atoms with van der Waals surface area (Å²) in [6.45, 7) is 2.35. The Morgan fingerprint density at radius 2 is 1.96 bits per heavy atom. The minimum absolute atomic E-state index is 0.110. The largest absolute Gasteiger partial charge is 0.365 e. The average molecular weight is 312 g/mol. The quantitative estimate of drug-likeness (QED) is 0.808. The molecule has 1 saturated heterocycles. The topological polar surface area (TPSA) is 29.5 Å². The van der Waals surface area contributed by atoms with Crippen LogP contribution in [0.5, 0.6) is 0 Å². The van der Waals surface area contributed by atoms with Crippen LogP contribution in [0.3, 0.4) is 0 Å². The van der Waals surface area contributed by atoms with Crippen molar-refractivity contribution in [1.82, 2.24) is 0 Å². The van der Waals surface area contributed by atoms with E-state index in [0.29, 0.717) is 17.8 Å². The van der Waals surface area contributed by atoms with Crippen LogP contribution in [-0.2, 0) is 4.74 Å². The smallest absolute Gasteiger partial charge is 0.169 e. The van der Waals surface area contributed by atoms with Gasteiger partial charge in [-0.05, 0) is 55.1 Å². The van der Waals surface area contributed by atoms with Crippen molar-refractivity contribution < 1.29 is 9.84 Å². The molecule has 0 aromatic heterocycles. The molecule has 2 heteroatoms. The molecule has 5 atom stereocenters. The zero-order chi connectivity index (χ0) is 15.9. The first-order valence-corrected chi connectivity index (χ1v) is 9.33. The van der Waals surface area contributed by atoms with E-state index in [4.69, 9.17) is 4.74 Å². The van der Waals surface area contributed by atoms with E-state index < -0.39 is 5.79 Å². The molecule has 1 aliphatic heterocycles. The molecule has 1 heterocycles. The zero-order valence-electron chi connectivity index (χ0n) is 14.1. The minimum Gasteiger partial charge on any atom is -0.365 e. The number of hydrogen-bond acceptors (Lipinski definition) is 2. The Kier molecular flexibility index (Phi) is 4.07. The molecular weight excluding hydrogens is 284 g/mol. The maximum Gasteiger partial charge on any atom is 0.169 e. The third kappa shape index (κ3) is 2.77. The van der Waals surface area contributed by atoms with E-state index in [-0.39, 0.29) is 6.10 Å². The van der Waals surface area contributed by atoms with E-state index in [0.717, 1.165) is 25.7 Å². The lowest BCUT2D eigenvalue weighted by molar-refractivity contribution is -0.318. The molecule has 0 radical (unpaired) electrons. The summed E-state index contributed by atoms with van der Waals surface area (Å²) in [7, 11) is 0. The highest BCUT2D eigenvalue weighted by Crippen LogP contribution is 2.52. The van der Waals surface area contributed by atoms with Gasteiger partial charge >= 0.3 is 0 Å². The van der Waals surface area contributed by atoms with Crippen molar-refractivity contribution in [1.29, 1.82) is 0 Å². The van der Waals surface area contributed by atoms with Crippen molar-refractivity contribution in [3.63, 3.8) is 0 Å². The second-order valence-electron chi connectivity index (χ2n) is 7.78. The van der Waals surface area contributed by atoms with Gasteiger partial charge in [0.1, 0.15) is 0 Å². The number of rotatable bonds is 1. The van der Waals surface area contributed by atoms with Gasteiger partial charge in [-0.2, -0.15) is 0 Å². The van der Waals surface area contributed by atoms with E-state index in [9.17, 15) is 5.11 Å². The fraction of sp³-hybridized carbons (Fsp3) is 0.619. The molecule has 4 rings (SSSR count). The summed E-state index contributed by atoms with van der Waals surface area (Å²) in [4.78, 5) is 0. The van der Waals surface area contributed by atoms with Gasteiger partial charge in [0, 0.05) is 12.3 Å². The number of ether oxygens (including phenoxy) is 1. The van der Waals surface area contributed by atoms with Crippen LogP contribution in [0.2, 0.25) is 0 Å². The fourth-order valence-corrected chi connectivity index (χ4v) is 5.22. The molecule has 3 fully saturated rings. The Labute approximate surface area is 139 Å². The molecule has 1 aromatic carbocycles. The number of hydrogen-bond donors (Lipinski definition) is 1. The van der Waals surface area contributed by atoms with Gasteiger partial charge in [0.05, 0.1) is 6.10 Å². The molecule has 0 amide bonds. The number of benzene rings is 1. The molecule has 0 spiro atoms. The normalized spacial score (nSPS) is 42.1. The van der Waals surface area contributed by atoms with Crippen LogP contribution in [0, 0.1) is 17.8 Å². The molecule has 1 N–H and O–H groups in total. The SMILES string of the molecule is CC1C2CCC/C(=C\c3ccccc3)C2OC2(O)CCCCC12. The van der Waals surface area contributed by atoms with Crippen LogP contribution in [-0.4, -0.2) is 17.0 Å². The lowest BCUT2D eigenvalue weighted by Crippen LogP contribution is -2.57. The summed E-state index contributed by atoms with van der Waals surface area (Å²) >= 11 is 0. The van der Waals surface area contributed by atoms with Gasteiger partial charge < -0.3 is 9.84 Å². The summed E-state index contributed by atoms with van der Waals surface area (Å²) in [5.74, 6) is 0.570. The molecule has 0 bridgehead atoms. The highest BCUT2D eigenvalue weighted by atomic mass is 16.6. The van der Waals surface area contributed by atoms with Crippen LogP contribution in [0.25, 0.3) is 6.08 Å². The molecule has 2 aliphatic carbocycles. The van der Waals surface area contributed by atoms with Gasteiger partial charge in [-0.15, -0.1) is 0 Å². The lowest BCUT2D eigenvalue weighted by Gasteiger charge is -2.55. The van der Waals surface area contributed by atoms with Gasteiger partial charge in [0.2, 0.25) is 0 Å². The van der Waals surface area contributed by atoms with Crippen LogP contribution in [0.4, 0.5) is 0 Å². The highest BCUT2D eigenvalue weighted by molar-refractivity contribution is 5.54.